The van der Waals surface area contributed by atoms with E-state index in [-0.39, 0.29) is 5.91 Å². The Kier molecular flexibility index (Phi) is 5.86. The Morgan fingerprint density at radius 3 is 2.65 bits per heavy atom. The number of halogens is 1. The summed E-state index contributed by atoms with van der Waals surface area (Å²) in [7, 11) is 0. The molecule has 0 spiro atoms. The Balaban J connectivity index is 1.68. The standard InChI is InChI=1S/C16H16INO2/c17-13-6-4-7-14(12-13)18-16(19)10-5-11-20-15-8-2-1-3-9-15/h1-4,6-9,12H,5,10-11H2,(H,18,19). The molecule has 20 heavy (non-hydrogen) atoms. The van der Waals surface area contributed by atoms with Crippen molar-refractivity contribution in [1.82, 2.24) is 0 Å². The van der Waals surface area contributed by atoms with E-state index in [1.807, 2.05) is 54.6 Å². The van der Waals surface area contributed by atoms with Crippen LogP contribution in [0.5, 0.6) is 5.75 Å². The molecule has 0 atom stereocenters. The number of nitrogens with one attached hydrogen (secondary N) is 1. The van der Waals surface area contributed by atoms with Gasteiger partial charge in [-0.3, -0.25) is 4.79 Å². The Morgan fingerprint density at radius 1 is 1.10 bits per heavy atom. The van der Waals surface area contributed by atoms with Crippen LogP contribution in [0.1, 0.15) is 12.8 Å². The molecule has 4 heteroatoms. The number of carbonyl (C=O) groups is 1. The molecule has 2 aromatic rings. The molecule has 1 amide bonds. The van der Waals surface area contributed by atoms with Crippen LogP contribution in [0.25, 0.3) is 0 Å². The molecule has 0 fully saturated rings. The summed E-state index contributed by atoms with van der Waals surface area (Å²) in [6, 6.07) is 17.4. The second-order valence-electron chi connectivity index (χ2n) is 4.32. The molecule has 2 rings (SSSR count). The fourth-order valence-electron chi connectivity index (χ4n) is 1.73. The van der Waals surface area contributed by atoms with Gasteiger partial charge in [0.25, 0.3) is 0 Å². The number of carbonyl (C=O) groups excluding carboxylic acids is 1. The number of rotatable bonds is 6. The van der Waals surface area contributed by atoms with E-state index in [1.54, 1.807) is 0 Å². The fraction of sp³-hybridized carbons (Fsp3) is 0.188. The van der Waals surface area contributed by atoms with Gasteiger partial charge in [0.05, 0.1) is 6.61 Å². The third-order valence-electron chi connectivity index (χ3n) is 2.67. The van der Waals surface area contributed by atoms with E-state index >= 15 is 0 Å². The summed E-state index contributed by atoms with van der Waals surface area (Å²) in [5.41, 5.74) is 0.839. The van der Waals surface area contributed by atoms with Crippen LogP contribution in [0.4, 0.5) is 5.69 Å². The maximum atomic E-state index is 11.8. The predicted octanol–water partition coefficient (Wildman–Crippen LogP) is 4.09. The number of para-hydroxylation sites is 1. The monoisotopic (exact) mass is 381 g/mol. The highest BCUT2D eigenvalue weighted by Gasteiger charge is 2.03. The summed E-state index contributed by atoms with van der Waals surface area (Å²) in [5, 5.41) is 2.88. The number of benzene rings is 2. The highest BCUT2D eigenvalue weighted by Crippen LogP contribution is 2.13. The van der Waals surface area contributed by atoms with Gasteiger partial charge < -0.3 is 10.1 Å². The van der Waals surface area contributed by atoms with Gasteiger partial charge in [0.15, 0.2) is 0 Å². The zero-order chi connectivity index (χ0) is 14.2. The van der Waals surface area contributed by atoms with E-state index in [0.717, 1.165) is 15.0 Å². The zero-order valence-corrected chi connectivity index (χ0v) is 13.2. The van der Waals surface area contributed by atoms with Crippen molar-refractivity contribution >= 4 is 34.2 Å². The van der Waals surface area contributed by atoms with E-state index in [2.05, 4.69) is 27.9 Å². The SMILES string of the molecule is O=C(CCCOc1ccccc1)Nc1cccc(I)c1. The van der Waals surface area contributed by atoms with E-state index in [0.29, 0.717) is 19.4 Å². The normalized spacial score (nSPS) is 10.1. The van der Waals surface area contributed by atoms with Crippen LogP contribution in [0.2, 0.25) is 0 Å². The molecular formula is C16H16INO2. The quantitative estimate of drug-likeness (QED) is 0.605. The lowest BCUT2D eigenvalue weighted by atomic mass is 10.2. The summed E-state index contributed by atoms with van der Waals surface area (Å²) in [5.74, 6) is 0.856. The first-order valence-electron chi connectivity index (χ1n) is 6.47. The largest absolute Gasteiger partial charge is 0.494 e. The van der Waals surface area contributed by atoms with Crippen molar-refractivity contribution < 1.29 is 9.53 Å². The number of amides is 1. The third-order valence-corrected chi connectivity index (χ3v) is 3.34. The second kappa shape index (κ2) is 7.89. The van der Waals surface area contributed by atoms with Gasteiger partial charge in [-0.05, 0) is 59.3 Å². The maximum Gasteiger partial charge on any atom is 0.224 e. The third kappa shape index (κ3) is 5.21. The molecule has 0 aliphatic heterocycles. The fourth-order valence-corrected chi connectivity index (χ4v) is 2.27. The molecule has 0 radical (unpaired) electrons. The highest BCUT2D eigenvalue weighted by atomic mass is 127. The van der Waals surface area contributed by atoms with E-state index in [1.165, 1.54) is 0 Å². The van der Waals surface area contributed by atoms with Crippen molar-refractivity contribution in [3.05, 3.63) is 58.2 Å². The summed E-state index contributed by atoms with van der Waals surface area (Å²) in [6.07, 6.45) is 1.16. The molecular weight excluding hydrogens is 365 g/mol. The molecule has 0 aliphatic rings. The average Bonchev–Trinajstić information content (AvgIpc) is 2.45. The van der Waals surface area contributed by atoms with Crippen LogP contribution in [-0.4, -0.2) is 12.5 Å². The van der Waals surface area contributed by atoms with Gasteiger partial charge >= 0.3 is 0 Å². The smallest absolute Gasteiger partial charge is 0.224 e. The van der Waals surface area contributed by atoms with Crippen molar-refractivity contribution in [2.45, 2.75) is 12.8 Å². The van der Waals surface area contributed by atoms with Crippen LogP contribution in [-0.2, 0) is 4.79 Å². The number of anilines is 1. The summed E-state index contributed by atoms with van der Waals surface area (Å²) in [4.78, 5) is 11.8. The first-order chi connectivity index (χ1) is 9.74. The highest BCUT2D eigenvalue weighted by molar-refractivity contribution is 14.1. The Morgan fingerprint density at radius 2 is 1.90 bits per heavy atom. The van der Waals surface area contributed by atoms with Gasteiger partial charge in [-0.2, -0.15) is 0 Å². The van der Waals surface area contributed by atoms with Gasteiger partial charge in [-0.15, -0.1) is 0 Å². The molecule has 0 aliphatic carbocycles. The second-order valence-corrected chi connectivity index (χ2v) is 5.57. The summed E-state index contributed by atoms with van der Waals surface area (Å²) >= 11 is 2.22. The average molecular weight is 381 g/mol. The van der Waals surface area contributed by atoms with Crippen LogP contribution >= 0.6 is 22.6 Å². The summed E-state index contributed by atoms with van der Waals surface area (Å²) < 4.78 is 6.65. The van der Waals surface area contributed by atoms with Crippen molar-refractivity contribution in [3.63, 3.8) is 0 Å². The topological polar surface area (TPSA) is 38.3 Å². The Labute approximate surface area is 132 Å². The molecule has 0 heterocycles. The number of hydrogen-bond donors (Lipinski definition) is 1. The first kappa shape index (κ1) is 14.8. The molecule has 2 aromatic carbocycles. The van der Waals surface area contributed by atoms with E-state index < -0.39 is 0 Å². The lowest BCUT2D eigenvalue weighted by molar-refractivity contribution is -0.116. The Bertz CT molecular complexity index is 557. The molecule has 0 aromatic heterocycles. The summed E-state index contributed by atoms with van der Waals surface area (Å²) in [6.45, 7) is 0.545. The van der Waals surface area contributed by atoms with Crippen LogP contribution in [0, 0.1) is 3.57 Å². The molecule has 3 nitrogen and oxygen atoms in total. The molecule has 0 unspecified atom stereocenters. The van der Waals surface area contributed by atoms with Crippen LogP contribution in [0.15, 0.2) is 54.6 Å². The minimum absolute atomic E-state index is 0.0173. The molecule has 0 saturated heterocycles. The van der Waals surface area contributed by atoms with Crippen molar-refractivity contribution in [2.75, 3.05) is 11.9 Å². The first-order valence-corrected chi connectivity index (χ1v) is 7.55. The van der Waals surface area contributed by atoms with E-state index in [9.17, 15) is 4.79 Å². The minimum atomic E-state index is 0.0173. The molecule has 104 valence electrons. The maximum absolute atomic E-state index is 11.8. The molecule has 0 saturated carbocycles. The van der Waals surface area contributed by atoms with Crippen molar-refractivity contribution in [2.24, 2.45) is 0 Å². The lowest BCUT2D eigenvalue weighted by Gasteiger charge is -2.07. The number of ether oxygens (including phenoxy) is 1. The lowest BCUT2D eigenvalue weighted by Crippen LogP contribution is -2.12. The number of hydrogen-bond acceptors (Lipinski definition) is 2. The van der Waals surface area contributed by atoms with Crippen LogP contribution < -0.4 is 10.1 Å². The van der Waals surface area contributed by atoms with Crippen molar-refractivity contribution in [1.29, 1.82) is 0 Å². The zero-order valence-electron chi connectivity index (χ0n) is 11.0. The molecule has 1 N–H and O–H groups in total. The van der Waals surface area contributed by atoms with E-state index in [4.69, 9.17) is 4.74 Å². The molecule has 0 bridgehead atoms. The predicted molar refractivity (Wildman–Crippen MR) is 89.0 cm³/mol. The van der Waals surface area contributed by atoms with Gasteiger partial charge in [0.2, 0.25) is 5.91 Å². The van der Waals surface area contributed by atoms with Gasteiger partial charge in [0, 0.05) is 15.7 Å². The minimum Gasteiger partial charge on any atom is -0.494 e. The van der Waals surface area contributed by atoms with Gasteiger partial charge in [-0.25, -0.2) is 0 Å². The van der Waals surface area contributed by atoms with Gasteiger partial charge in [-0.1, -0.05) is 24.3 Å². The van der Waals surface area contributed by atoms with Crippen molar-refractivity contribution in [3.8, 4) is 5.75 Å². The van der Waals surface area contributed by atoms with Crippen LogP contribution in [0.3, 0.4) is 0 Å². The Hall–Kier alpha value is -1.56. The van der Waals surface area contributed by atoms with Gasteiger partial charge in [0.1, 0.15) is 5.75 Å².